The second kappa shape index (κ2) is 13.7. The molecule has 0 radical (unpaired) electrons. The van der Waals surface area contributed by atoms with Gasteiger partial charge in [0.05, 0.1) is 28.3 Å². The minimum Gasteiger partial charge on any atom is -0.456 e. The minimum absolute atomic E-state index is 0.768. The number of nitrogens with zero attached hydrogens (tertiary/aromatic N) is 4. The van der Waals surface area contributed by atoms with Crippen molar-refractivity contribution in [3.8, 4) is 67.4 Å². The number of benzene rings is 6. The predicted molar refractivity (Wildman–Crippen MR) is 242 cm³/mol. The van der Waals surface area contributed by atoms with E-state index >= 15 is 0 Å². The Labute approximate surface area is 344 Å². The molecule has 0 unspecified atom stereocenters. The van der Waals surface area contributed by atoms with Crippen LogP contribution in [0.25, 0.3) is 122 Å². The first kappa shape index (κ1) is 33.9. The lowest BCUT2D eigenvalue weighted by molar-refractivity contribution is 0.668. The molecule has 6 nitrogen and oxygen atoms in total. The summed E-state index contributed by atoms with van der Waals surface area (Å²) in [5.74, 6) is 0. The first-order valence-electron chi connectivity index (χ1n) is 19.9. The molecular formula is C54H32N4O2. The molecule has 0 N–H and O–H groups in total. The van der Waals surface area contributed by atoms with Crippen molar-refractivity contribution >= 4 is 54.8 Å². The van der Waals surface area contributed by atoms with Crippen molar-refractivity contribution in [1.29, 1.82) is 0 Å². The molecule has 6 aromatic carbocycles. The topological polar surface area (TPSA) is 77.8 Å². The fourth-order valence-corrected chi connectivity index (χ4v) is 8.61. The molecular weight excluding hydrogens is 737 g/mol. The average Bonchev–Trinajstić information content (AvgIpc) is 3.91. The van der Waals surface area contributed by atoms with E-state index in [1.165, 1.54) is 0 Å². The van der Waals surface area contributed by atoms with E-state index in [0.717, 1.165) is 122 Å². The van der Waals surface area contributed by atoms with Crippen LogP contribution in [-0.4, -0.2) is 19.9 Å². The zero-order chi connectivity index (χ0) is 39.6. The van der Waals surface area contributed by atoms with Gasteiger partial charge in [-0.15, -0.1) is 0 Å². The lowest BCUT2D eigenvalue weighted by Gasteiger charge is -2.12. The molecule has 0 bridgehead atoms. The second-order valence-corrected chi connectivity index (χ2v) is 15.0. The molecule has 0 atom stereocenters. The summed E-state index contributed by atoms with van der Waals surface area (Å²) in [5.41, 5.74) is 15.8. The molecule has 6 aromatic heterocycles. The SMILES string of the molecule is c1ccc(-c2cc(-c3ccc(-c4ccc(-c5nc6cccc(-c7cccc8oc9ccccc9c78)c6c6c5oc5ccccc56)cc4)cc3)cc(-c3ccccn3)n2)nc1. The lowest BCUT2D eigenvalue weighted by Crippen LogP contribution is -1.94. The maximum atomic E-state index is 6.73. The van der Waals surface area contributed by atoms with Crippen molar-refractivity contribution in [2.45, 2.75) is 0 Å². The van der Waals surface area contributed by atoms with Gasteiger partial charge in [-0.2, -0.15) is 0 Å². The highest BCUT2D eigenvalue weighted by molar-refractivity contribution is 6.26. The fraction of sp³-hybridized carbons (Fsp3) is 0. The molecule has 0 aliphatic rings. The molecule has 0 aliphatic carbocycles. The van der Waals surface area contributed by atoms with Gasteiger partial charge in [-0.25, -0.2) is 9.97 Å². The first-order valence-corrected chi connectivity index (χ1v) is 19.9. The molecule has 6 heteroatoms. The molecule has 280 valence electrons. The van der Waals surface area contributed by atoms with Crippen LogP contribution in [0.15, 0.2) is 203 Å². The molecule has 60 heavy (non-hydrogen) atoms. The van der Waals surface area contributed by atoms with Crippen LogP contribution in [-0.2, 0) is 0 Å². The summed E-state index contributed by atoms with van der Waals surface area (Å²) in [7, 11) is 0. The molecule has 0 fully saturated rings. The van der Waals surface area contributed by atoms with Crippen molar-refractivity contribution in [3.05, 3.63) is 194 Å². The summed E-state index contributed by atoms with van der Waals surface area (Å²) < 4.78 is 13.0. The molecule has 0 saturated carbocycles. The van der Waals surface area contributed by atoms with Crippen molar-refractivity contribution in [1.82, 2.24) is 19.9 Å². The molecule has 12 aromatic rings. The highest BCUT2D eigenvalue weighted by Gasteiger charge is 2.22. The number of furan rings is 2. The Kier molecular flexibility index (Phi) is 7.74. The monoisotopic (exact) mass is 768 g/mol. The Morgan fingerprint density at radius 2 is 0.850 bits per heavy atom. The Hall–Kier alpha value is -8.22. The number of aromatic nitrogens is 4. The average molecular weight is 769 g/mol. The Balaban J connectivity index is 0.945. The summed E-state index contributed by atoms with van der Waals surface area (Å²) in [6.45, 7) is 0. The zero-order valence-electron chi connectivity index (χ0n) is 32.1. The fourth-order valence-electron chi connectivity index (χ4n) is 8.61. The largest absolute Gasteiger partial charge is 0.456 e. The summed E-state index contributed by atoms with van der Waals surface area (Å²) in [5, 5.41) is 5.36. The third-order valence-electron chi connectivity index (χ3n) is 11.4. The maximum absolute atomic E-state index is 6.73. The molecule has 0 spiro atoms. The summed E-state index contributed by atoms with van der Waals surface area (Å²) in [6, 6.07) is 62.4. The van der Waals surface area contributed by atoms with Gasteiger partial charge >= 0.3 is 0 Å². The lowest BCUT2D eigenvalue weighted by atomic mass is 9.93. The summed E-state index contributed by atoms with van der Waals surface area (Å²) >= 11 is 0. The van der Waals surface area contributed by atoms with Gasteiger partial charge in [0.15, 0.2) is 5.58 Å². The van der Waals surface area contributed by atoms with E-state index in [1.807, 2.05) is 66.7 Å². The molecule has 6 heterocycles. The number of hydrogen-bond donors (Lipinski definition) is 0. The highest BCUT2D eigenvalue weighted by Crippen LogP contribution is 2.45. The van der Waals surface area contributed by atoms with Crippen LogP contribution >= 0.6 is 0 Å². The number of para-hydroxylation sites is 2. The van der Waals surface area contributed by atoms with Crippen molar-refractivity contribution < 1.29 is 8.83 Å². The van der Waals surface area contributed by atoms with Crippen LogP contribution in [0.1, 0.15) is 0 Å². The van der Waals surface area contributed by atoms with E-state index in [0.29, 0.717) is 0 Å². The third-order valence-corrected chi connectivity index (χ3v) is 11.4. The number of fused-ring (bicyclic) bond motifs is 8. The smallest absolute Gasteiger partial charge is 0.162 e. The number of pyridine rings is 4. The summed E-state index contributed by atoms with van der Waals surface area (Å²) in [6.07, 6.45) is 3.59. The van der Waals surface area contributed by atoms with Gasteiger partial charge < -0.3 is 8.83 Å². The number of rotatable bonds is 6. The van der Waals surface area contributed by atoms with Crippen LogP contribution < -0.4 is 0 Å². The van der Waals surface area contributed by atoms with Crippen LogP contribution in [0.4, 0.5) is 0 Å². The molecule has 0 saturated heterocycles. The van der Waals surface area contributed by atoms with Gasteiger partial charge in [0.2, 0.25) is 0 Å². The standard InChI is InChI=1S/C54H32N4O2/c1-3-18-47-40(11-1)50-38(14-10-20-49(50)59-47)39-13-9-17-44-51(39)52-41-12-2-4-19-48(41)60-54(52)53(58-44)36-27-25-34(26-28-36)33-21-23-35(24-22-33)37-31-45(42-15-5-7-29-55-42)57-46(32-37)43-16-6-8-30-56-43/h1-32H. The predicted octanol–water partition coefficient (Wildman–Crippen LogP) is 14.2. The van der Waals surface area contributed by atoms with Crippen LogP contribution in [0.5, 0.6) is 0 Å². The highest BCUT2D eigenvalue weighted by atomic mass is 16.3. The van der Waals surface area contributed by atoms with Crippen molar-refractivity contribution in [2.75, 3.05) is 0 Å². The quantitative estimate of drug-likeness (QED) is 0.168. The van der Waals surface area contributed by atoms with Crippen molar-refractivity contribution in [3.63, 3.8) is 0 Å². The second-order valence-electron chi connectivity index (χ2n) is 15.0. The molecule has 12 rings (SSSR count). The zero-order valence-corrected chi connectivity index (χ0v) is 32.1. The van der Waals surface area contributed by atoms with E-state index in [-0.39, 0.29) is 0 Å². The van der Waals surface area contributed by atoms with E-state index in [2.05, 4.69) is 125 Å². The van der Waals surface area contributed by atoms with E-state index in [1.54, 1.807) is 12.4 Å². The number of hydrogen-bond acceptors (Lipinski definition) is 6. The van der Waals surface area contributed by atoms with E-state index in [9.17, 15) is 0 Å². The van der Waals surface area contributed by atoms with E-state index < -0.39 is 0 Å². The van der Waals surface area contributed by atoms with E-state index in [4.69, 9.17) is 18.8 Å². The maximum Gasteiger partial charge on any atom is 0.162 e. The molecule has 0 amide bonds. The minimum atomic E-state index is 0.768. The van der Waals surface area contributed by atoms with Crippen LogP contribution in [0, 0.1) is 0 Å². The molecule has 0 aliphatic heterocycles. The van der Waals surface area contributed by atoms with Gasteiger partial charge in [-0.05, 0) is 94.0 Å². The summed E-state index contributed by atoms with van der Waals surface area (Å²) in [4.78, 5) is 19.5. The Bertz CT molecular complexity index is 3520. The van der Waals surface area contributed by atoms with Crippen LogP contribution in [0.2, 0.25) is 0 Å². The Morgan fingerprint density at radius 3 is 1.48 bits per heavy atom. The normalized spacial score (nSPS) is 11.7. The van der Waals surface area contributed by atoms with Gasteiger partial charge in [-0.3, -0.25) is 9.97 Å². The third kappa shape index (κ3) is 5.57. The van der Waals surface area contributed by atoms with Gasteiger partial charge in [0, 0.05) is 44.9 Å². The van der Waals surface area contributed by atoms with Gasteiger partial charge in [0.25, 0.3) is 0 Å². The first-order chi connectivity index (χ1) is 29.7. The van der Waals surface area contributed by atoms with Crippen molar-refractivity contribution in [2.24, 2.45) is 0 Å². The van der Waals surface area contributed by atoms with Gasteiger partial charge in [-0.1, -0.05) is 121 Å². The van der Waals surface area contributed by atoms with Gasteiger partial charge in [0.1, 0.15) is 22.4 Å². The van der Waals surface area contributed by atoms with Crippen LogP contribution in [0.3, 0.4) is 0 Å². The Morgan fingerprint density at radius 1 is 0.333 bits per heavy atom.